The number of aromatic nitrogens is 2. The number of hydrogen-bond donors (Lipinski definition) is 2. The standard InChI is InChI=1S/C23H23N3O3/c27-22(25-14-15-8-10-16(11-9-15)23(28)29)18-13-21(20-7-3-4-12-24-20)26-19-6-2-1-5-17(18)19/h1-7,12-13,15-16H,8-11,14H2,(H,25,27)(H,28,29). The van der Waals surface area contributed by atoms with Gasteiger partial charge >= 0.3 is 5.97 Å². The van der Waals surface area contributed by atoms with Gasteiger partial charge in [-0.2, -0.15) is 0 Å². The topological polar surface area (TPSA) is 92.2 Å². The average molecular weight is 389 g/mol. The zero-order chi connectivity index (χ0) is 20.2. The van der Waals surface area contributed by atoms with Gasteiger partial charge in [0.2, 0.25) is 0 Å². The van der Waals surface area contributed by atoms with E-state index in [1.54, 1.807) is 12.3 Å². The molecule has 1 saturated carbocycles. The zero-order valence-electron chi connectivity index (χ0n) is 16.0. The van der Waals surface area contributed by atoms with E-state index in [4.69, 9.17) is 5.11 Å². The molecule has 0 saturated heterocycles. The van der Waals surface area contributed by atoms with Gasteiger partial charge in [0.1, 0.15) is 0 Å². The maximum atomic E-state index is 13.0. The second-order valence-corrected chi connectivity index (χ2v) is 7.55. The molecule has 1 aliphatic rings. The number of fused-ring (bicyclic) bond motifs is 1. The van der Waals surface area contributed by atoms with Crippen LogP contribution in [0, 0.1) is 11.8 Å². The molecule has 6 nitrogen and oxygen atoms in total. The highest BCUT2D eigenvalue weighted by Crippen LogP contribution is 2.29. The Labute approximate surface area is 169 Å². The summed E-state index contributed by atoms with van der Waals surface area (Å²) in [6, 6.07) is 15.0. The Morgan fingerprint density at radius 1 is 1.00 bits per heavy atom. The third kappa shape index (κ3) is 4.26. The molecule has 1 aliphatic carbocycles. The summed E-state index contributed by atoms with van der Waals surface area (Å²) in [6.07, 6.45) is 4.72. The highest BCUT2D eigenvalue weighted by molar-refractivity contribution is 6.07. The van der Waals surface area contributed by atoms with Crippen molar-refractivity contribution in [2.45, 2.75) is 25.7 Å². The summed E-state index contributed by atoms with van der Waals surface area (Å²) in [6.45, 7) is 0.556. The molecule has 0 bridgehead atoms. The van der Waals surface area contributed by atoms with Crippen LogP contribution in [-0.2, 0) is 4.79 Å². The Balaban J connectivity index is 1.53. The van der Waals surface area contributed by atoms with Crippen LogP contribution in [0.2, 0.25) is 0 Å². The first-order chi connectivity index (χ1) is 14.1. The van der Waals surface area contributed by atoms with Crippen molar-refractivity contribution in [1.29, 1.82) is 0 Å². The number of hydrogen-bond acceptors (Lipinski definition) is 4. The van der Waals surface area contributed by atoms with Crippen LogP contribution >= 0.6 is 0 Å². The molecule has 0 atom stereocenters. The summed E-state index contributed by atoms with van der Waals surface area (Å²) < 4.78 is 0. The van der Waals surface area contributed by atoms with Crippen molar-refractivity contribution in [1.82, 2.24) is 15.3 Å². The Kier molecular flexibility index (Phi) is 5.51. The predicted molar refractivity (Wildman–Crippen MR) is 110 cm³/mol. The first kappa shape index (κ1) is 19.1. The Morgan fingerprint density at radius 3 is 2.48 bits per heavy atom. The van der Waals surface area contributed by atoms with Crippen LogP contribution in [0.25, 0.3) is 22.3 Å². The maximum Gasteiger partial charge on any atom is 0.306 e. The van der Waals surface area contributed by atoms with Crippen LogP contribution < -0.4 is 5.32 Å². The van der Waals surface area contributed by atoms with E-state index >= 15 is 0 Å². The molecule has 2 heterocycles. The lowest BCUT2D eigenvalue weighted by Crippen LogP contribution is -2.32. The third-order valence-electron chi connectivity index (χ3n) is 5.64. The fourth-order valence-corrected chi connectivity index (χ4v) is 3.95. The number of carboxylic acid groups (broad SMARTS) is 1. The summed E-state index contributed by atoms with van der Waals surface area (Å²) in [7, 11) is 0. The molecule has 0 aliphatic heterocycles. The molecule has 0 spiro atoms. The van der Waals surface area contributed by atoms with Crippen LogP contribution in [0.15, 0.2) is 54.7 Å². The van der Waals surface area contributed by atoms with Crippen molar-refractivity contribution in [2.75, 3.05) is 6.54 Å². The van der Waals surface area contributed by atoms with Crippen molar-refractivity contribution in [2.24, 2.45) is 11.8 Å². The molecule has 1 fully saturated rings. The highest BCUT2D eigenvalue weighted by Gasteiger charge is 2.26. The van der Waals surface area contributed by atoms with Gasteiger partial charge < -0.3 is 10.4 Å². The predicted octanol–water partition coefficient (Wildman–Crippen LogP) is 3.92. The number of nitrogens with one attached hydrogen (secondary N) is 1. The van der Waals surface area contributed by atoms with Crippen molar-refractivity contribution >= 4 is 22.8 Å². The number of amides is 1. The summed E-state index contributed by atoms with van der Waals surface area (Å²) in [4.78, 5) is 33.1. The van der Waals surface area contributed by atoms with Crippen molar-refractivity contribution in [3.05, 3.63) is 60.3 Å². The fourth-order valence-electron chi connectivity index (χ4n) is 3.95. The lowest BCUT2D eigenvalue weighted by molar-refractivity contribution is -0.143. The quantitative estimate of drug-likeness (QED) is 0.690. The lowest BCUT2D eigenvalue weighted by Gasteiger charge is -2.26. The molecule has 1 aromatic carbocycles. The van der Waals surface area contributed by atoms with Gasteiger partial charge in [-0.3, -0.25) is 14.6 Å². The number of para-hydroxylation sites is 1. The maximum absolute atomic E-state index is 13.0. The summed E-state index contributed by atoms with van der Waals surface area (Å²) in [5, 5.41) is 13.0. The number of pyridine rings is 2. The monoisotopic (exact) mass is 389 g/mol. The van der Waals surface area contributed by atoms with E-state index in [0.29, 0.717) is 36.6 Å². The molecule has 2 aromatic heterocycles. The largest absolute Gasteiger partial charge is 0.481 e. The molecular weight excluding hydrogens is 366 g/mol. The molecule has 0 unspecified atom stereocenters. The number of benzene rings is 1. The van der Waals surface area contributed by atoms with Gasteiger partial charge in [-0.05, 0) is 55.9 Å². The second-order valence-electron chi connectivity index (χ2n) is 7.55. The van der Waals surface area contributed by atoms with Crippen LogP contribution in [-0.4, -0.2) is 33.5 Å². The summed E-state index contributed by atoms with van der Waals surface area (Å²) >= 11 is 0. The van der Waals surface area contributed by atoms with E-state index in [1.165, 1.54) is 0 Å². The van der Waals surface area contributed by atoms with Crippen molar-refractivity contribution in [3.8, 4) is 11.4 Å². The lowest BCUT2D eigenvalue weighted by atomic mass is 9.82. The molecule has 0 radical (unpaired) electrons. The van der Waals surface area contributed by atoms with Gasteiger partial charge in [-0.15, -0.1) is 0 Å². The van der Waals surface area contributed by atoms with E-state index in [2.05, 4.69) is 15.3 Å². The minimum Gasteiger partial charge on any atom is -0.481 e. The first-order valence-corrected chi connectivity index (χ1v) is 9.94. The number of carboxylic acids is 1. The number of aliphatic carboxylic acids is 1. The Hall–Kier alpha value is -3.28. The van der Waals surface area contributed by atoms with E-state index in [9.17, 15) is 9.59 Å². The zero-order valence-corrected chi connectivity index (χ0v) is 16.0. The van der Waals surface area contributed by atoms with Crippen molar-refractivity contribution in [3.63, 3.8) is 0 Å². The van der Waals surface area contributed by atoms with Gasteiger partial charge in [0.05, 0.1) is 28.4 Å². The van der Waals surface area contributed by atoms with Crippen LogP contribution in [0.1, 0.15) is 36.0 Å². The van der Waals surface area contributed by atoms with E-state index < -0.39 is 5.97 Å². The fraction of sp³-hybridized carbons (Fsp3) is 0.304. The van der Waals surface area contributed by atoms with Gasteiger partial charge in [0.15, 0.2) is 0 Å². The number of rotatable bonds is 5. The molecule has 29 heavy (non-hydrogen) atoms. The minimum absolute atomic E-state index is 0.138. The number of nitrogens with zero attached hydrogens (tertiary/aromatic N) is 2. The number of carbonyl (C=O) groups is 2. The van der Waals surface area contributed by atoms with Gasteiger partial charge in [-0.1, -0.05) is 24.3 Å². The normalized spacial score (nSPS) is 19.0. The summed E-state index contributed by atoms with van der Waals surface area (Å²) in [5.74, 6) is -0.774. The molecule has 3 aromatic rings. The van der Waals surface area contributed by atoms with Gasteiger partial charge in [0.25, 0.3) is 5.91 Å². The number of carbonyl (C=O) groups excluding carboxylic acids is 1. The molecule has 6 heteroatoms. The molecule has 1 amide bonds. The Morgan fingerprint density at radius 2 is 1.76 bits per heavy atom. The highest BCUT2D eigenvalue weighted by atomic mass is 16.4. The summed E-state index contributed by atoms with van der Waals surface area (Å²) in [5.41, 5.74) is 2.72. The van der Waals surface area contributed by atoms with E-state index in [1.807, 2.05) is 42.5 Å². The minimum atomic E-state index is -0.710. The molecule has 2 N–H and O–H groups in total. The SMILES string of the molecule is O=C(NCC1CCC(C(=O)O)CC1)c1cc(-c2ccccn2)nc2ccccc12. The molecule has 4 rings (SSSR count). The molecular formula is C23H23N3O3. The first-order valence-electron chi connectivity index (χ1n) is 9.94. The van der Waals surface area contributed by atoms with Crippen molar-refractivity contribution < 1.29 is 14.7 Å². The smallest absolute Gasteiger partial charge is 0.306 e. The van der Waals surface area contributed by atoms with Crippen LogP contribution in [0.3, 0.4) is 0 Å². The van der Waals surface area contributed by atoms with Crippen LogP contribution in [0.4, 0.5) is 0 Å². The molecule has 148 valence electrons. The van der Waals surface area contributed by atoms with E-state index in [0.717, 1.165) is 29.4 Å². The van der Waals surface area contributed by atoms with Crippen LogP contribution in [0.5, 0.6) is 0 Å². The van der Waals surface area contributed by atoms with E-state index in [-0.39, 0.29) is 11.8 Å². The average Bonchev–Trinajstić information content (AvgIpc) is 2.77. The van der Waals surface area contributed by atoms with Gasteiger partial charge in [-0.25, -0.2) is 4.98 Å². The third-order valence-corrected chi connectivity index (χ3v) is 5.64. The second kappa shape index (κ2) is 8.39. The van der Waals surface area contributed by atoms with Gasteiger partial charge in [0, 0.05) is 18.1 Å². The Bertz CT molecular complexity index is 1030.